The van der Waals surface area contributed by atoms with Crippen molar-refractivity contribution in [1.82, 2.24) is 0 Å². The summed E-state index contributed by atoms with van der Waals surface area (Å²) in [7, 11) is 2.59. The van der Waals surface area contributed by atoms with E-state index in [0.29, 0.717) is 11.1 Å². The molecule has 82 valence electrons. The molecule has 0 saturated carbocycles. The third-order valence-electron chi connectivity index (χ3n) is 2.36. The molecule has 0 fully saturated rings. The summed E-state index contributed by atoms with van der Waals surface area (Å²) in [6.07, 6.45) is 3.23. The lowest BCUT2D eigenvalue weighted by Crippen LogP contribution is -2.18. The zero-order chi connectivity index (χ0) is 11.4. The molecule has 1 rings (SSSR count). The van der Waals surface area contributed by atoms with Gasteiger partial charge in [0.25, 0.3) is 0 Å². The highest BCUT2D eigenvalue weighted by molar-refractivity contribution is 6.07. The minimum absolute atomic E-state index is 0.313. The van der Waals surface area contributed by atoms with E-state index < -0.39 is 11.9 Å². The van der Waals surface area contributed by atoms with Crippen molar-refractivity contribution >= 4 is 11.9 Å². The molecule has 0 heterocycles. The van der Waals surface area contributed by atoms with Crippen LogP contribution in [-0.2, 0) is 19.1 Å². The largest absolute Gasteiger partial charge is 0.465 e. The standard InChI is InChI=1S/C11H14O4/c1-7-5-4-6-8(10(12)14-2)9(7)11(13)15-3/h6H,4-5H2,1-3H3. The summed E-state index contributed by atoms with van der Waals surface area (Å²) in [6, 6.07) is 0. The van der Waals surface area contributed by atoms with Crippen LogP contribution in [0.3, 0.4) is 0 Å². The number of carbonyl (C=O) groups excluding carboxylic acids is 2. The number of esters is 2. The van der Waals surface area contributed by atoms with Crippen LogP contribution in [0.4, 0.5) is 0 Å². The molecule has 0 radical (unpaired) electrons. The molecule has 0 bridgehead atoms. The first-order valence-corrected chi connectivity index (χ1v) is 4.68. The van der Waals surface area contributed by atoms with Gasteiger partial charge in [0.1, 0.15) is 0 Å². The molecule has 4 heteroatoms. The Kier molecular flexibility index (Phi) is 3.66. The van der Waals surface area contributed by atoms with Crippen molar-refractivity contribution in [1.29, 1.82) is 0 Å². The molecule has 0 unspecified atom stereocenters. The Hall–Kier alpha value is -1.58. The summed E-state index contributed by atoms with van der Waals surface area (Å²) in [5.41, 5.74) is 1.52. The second-order valence-corrected chi connectivity index (χ2v) is 3.29. The first-order valence-electron chi connectivity index (χ1n) is 4.68. The van der Waals surface area contributed by atoms with Crippen molar-refractivity contribution in [3.8, 4) is 0 Å². The maximum atomic E-state index is 11.5. The lowest BCUT2D eigenvalue weighted by atomic mass is 9.92. The second kappa shape index (κ2) is 4.77. The van der Waals surface area contributed by atoms with Gasteiger partial charge in [-0.3, -0.25) is 0 Å². The Bertz CT molecular complexity index is 350. The first-order chi connectivity index (χ1) is 7.11. The van der Waals surface area contributed by atoms with Crippen molar-refractivity contribution < 1.29 is 19.1 Å². The SMILES string of the molecule is COC(=O)C1=CCCC(C)=C1C(=O)OC. The van der Waals surface area contributed by atoms with Crippen LogP contribution in [0.5, 0.6) is 0 Å². The fourth-order valence-electron chi connectivity index (χ4n) is 1.57. The van der Waals surface area contributed by atoms with Crippen molar-refractivity contribution in [2.75, 3.05) is 14.2 Å². The quantitative estimate of drug-likeness (QED) is 0.646. The van der Waals surface area contributed by atoms with Gasteiger partial charge in [0.2, 0.25) is 0 Å². The number of hydrogen-bond acceptors (Lipinski definition) is 4. The molecule has 0 saturated heterocycles. The Morgan fingerprint density at radius 1 is 1.20 bits per heavy atom. The van der Waals surface area contributed by atoms with Gasteiger partial charge in [0.05, 0.1) is 25.4 Å². The van der Waals surface area contributed by atoms with Gasteiger partial charge in [-0.2, -0.15) is 0 Å². The predicted octanol–water partition coefficient (Wildman–Crippen LogP) is 1.37. The van der Waals surface area contributed by atoms with Crippen LogP contribution in [0.2, 0.25) is 0 Å². The van der Waals surface area contributed by atoms with Gasteiger partial charge in [-0.05, 0) is 19.8 Å². The number of allylic oxidation sites excluding steroid dienone is 2. The van der Waals surface area contributed by atoms with Gasteiger partial charge in [-0.1, -0.05) is 11.6 Å². The van der Waals surface area contributed by atoms with Gasteiger partial charge in [0.15, 0.2) is 0 Å². The van der Waals surface area contributed by atoms with Crippen LogP contribution < -0.4 is 0 Å². The van der Waals surface area contributed by atoms with E-state index in [-0.39, 0.29) is 0 Å². The predicted molar refractivity (Wildman–Crippen MR) is 54.0 cm³/mol. The van der Waals surface area contributed by atoms with E-state index in [2.05, 4.69) is 9.47 Å². The molecule has 4 nitrogen and oxygen atoms in total. The molecule has 1 aliphatic carbocycles. The third-order valence-corrected chi connectivity index (χ3v) is 2.36. The highest BCUT2D eigenvalue weighted by atomic mass is 16.5. The summed E-state index contributed by atoms with van der Waals surface area (Å²) in [5.74, 6) is -0.974. The Labute approximate surface area is 88.6 Å². The molecule has 0 aromatic heterocycles. The maximum absolute atomic E-state index is 11.5. The van der Waals surface area contributed by atoms with E-state index in [4.69, 9.17) is 0 Å². The molecule has 0 aliphatic heterocycles. The number of methoxy groups -OCH3 is 2. The number of ether oxygens (including phenoxy) is 2. The summed E-state index contributed by atoms with van der Waals surface area (Å²) < 4.78 is 9.25. The van der Waals surface area contributed by atoms with Crippen LogP contribution in [0.15, 0.2) is 22.8 Å². The summed E-state index contributed by atoms with van der Waals surface area (Å²) in [4.78, 5) is 22.9. The van der Waals surface area contributed by atoms with Crippen molar-refractivity contribution in [3.05, 3.63) is 22.8 Å². The van der Waals surface area contributed by atoms with Gasteiger partial charge < -0.3 is 9.47 Å². The fraction of sp³-hybridized carbons (Fsp3) is 0.455. The average Bonchev–Trinajstić information content (AvgIpc) is 2.26. The van der Waals surface area contributed by atoms with E-state index in [0.717, 1.165) is 18.4 Å². The van der Waals surface area contributed by atoms with E-state index in [1.165, 1.54) is 14.2 Å². The molecule has 0 amide bonds. The molecule has 0 aromatic carbocycles. The zero-order valence-electron chi connectivity index (χ0n) is 9.12. The lowest BCUT2D eigenvalue weighted by molar-refractivity contribution is -0.139. The topological polar surface area (TPSA) is 52.6 Å². The zero-order valence-corrected chi connectivity index (χ0v) is 9.12. The smallest absolute Gasteiger partial charge is 0.338 e. The van der Waals surface area contributed by atoms with E-state index >= 15 is 0 Å². The van der Waals surface area contributed by atoms with Gasteiger partial charge >= 0.3 is 11.9 Å². The Morgan fingerprint density at radius 2 is 1.80 bits per heavy atom. The van der Waals surface area contributed by atoms with E-state index in [9.17, 15) is 9.59 Å². The molecule has 0 spiro atoms. The van der Waals surface area contributed by atoms with Crippen molar-refractivity contribution in [2.24, 2.45) is 0 Å². The van der Waals surface area contributed by atoms with Crippen LogP contribution in [0, 0.1) is 0 Å². The van der Waals surface area contributed by atoms with Gasteiger partial charge in [-0.15, -0.1) is 0 Å². The molecular weight excluding hydrogens is 196 g/mol. The number of hydrogen-bond donors (Lipinski definition) is 0. The monoisotopic (exact) mass is 210 g/mol. The highest BCUT2D eigenvalue weighted by Gasteiger charge is 2.26. The maximum Gasteiger partial charge on any atom is 0.338 e. The summed E-state index contributed by atoms with van der Waals surface area (Å²) >= 11 is 0. The Balaban J connectivity index is 3.10. The minimum Gasteiger partial charge on any atom is -0.465 e. The molecule has 0 N–H and O–H groups in total. The first kappa shape index (κ1) is 11.5. The van der Waals surface area contributed by atoms with Crippen LogP contribution >= 0.6 is 0 Å². The fourth-order valence-corrected chi connectivity index (χ4v) is 1.57. The average molecular weight is 210 g/mol. The molecule has 0 atom stereocenters. The van der Waals surface area contributed by atoms with Gasteiger partial charge in [-0.25, -0.2) is 9.59 Å². The van der Waals surface area contributed by atoms with Crippen LogP contribution in [0.1, 0.15) is 19.8 Å². The molecular formula is C11H14O4. The van der Waals surface area contributed by atoms with E-state index in [1.807, 2.05) is 6.92 Å². The molecule has 1 aliphatic rings. The molecule has 0 aromatic rings. The van der Waals surface area contributed by atoms with Gasteiger partial charge in [0, 0.05) is 0 Å². The second-order valence-electron chi connectivity index (χ2n) is 3.29. The molecule has 15 heavy (non-hydrogen) atoms. The lowest BCUT2D eigenvalue weighted by Gasteiger charge is -2.16. The third kappa shape index (κ3) is 2.26. The normalized spacial score (nSPS) is 15.8. The summed E-state index contributed by atoms with van der Waals surface area (Å²) in [6.45, 7) is 1.82. The number of carbonyl (C=O) groups is 2. The van der Waals surface area contributed by atoms with E-state index in [1.54, 1.807) is 6.08 Å². The van der Waals surface area contributed by atoms with Crippen LogP contribution in [-0.4, -0.2) is 26.2 Å². The van der Waals surface area contributed by atoms with Crippen LogP contribution in [0.25, 0.3) is 0 Å². The highest BCUT2D eigenvalue weighted by Crippen LogP contribution is 2.26. The van der Waals surface area contributed by atoms with Crippen molar-refractivity contribution in [3.63, 3.8) is 0 Å². The minimum atomic E-state index is -0.491. The summed E-state index contributed by atoms with van der Waals surface area (Å²) in [5, 5.41) is 0. The number of rotatable bonds is 2. The van der Waals surface area contributed by atoms with Crippen molar-refractivity contribution in [2.45, 2.75) is 19.8 Å². The Morgan fingerprint density at radius 3 is 2.33 bits per heavy atom.